The zero-order valence-corrected chi connectivity index (χ0v) is 17.8. The number of fused-ring (bicyclic) bond motifs is 2. The van der Waals surface area contributed by atoms with Gasteiger partial charge in [-0.15, -0.1) is 0 Å². The molecule has 1 saturated heterocycles. The molecule has 0 aromatic heterocycles. The molecule has 0 spiro atoms. The molecule has 10 nitrogen and oxygen atoms in total. The molecule has 0 amide bonds. The number of carbonyl (C=O) groups excluding carboxylic acids is 1. The maximum Gasteiger partial charge on any atom is 0.229 e. The van der Waals surface area contributed by atoms with Crippen LogP contribution in [0.5, 0.6) is 23.0 Å². The summed E-state index contributed by atoms with van der Waals surface area (Å²) in [6, 6.07) is 4.17. The molecular formula is C22H26O10. The van der Waals surface area contributed by atoms with E-state index in [2.05, 4.69) is 0 Å². The Morgan fingerprint density at radius 3 is 2.47 bits per heavy atom. The zero-order valence-electron chi connectivity index (χ0n) is 17.8. The van der Waals surface area contributed by atoms with Crippen LogP contribution in [0, 0.1) is 5.92 Å². The van der Waals surface area contributed by atoms with Crippen molar-refractivity contribution < 1.29 is 49.3 Å². The molecule has 10 heteroatoms. The number of benzene rings is 2. The molecule has 2 aromatic carbocycles. The number of aliphatic hydroxyl groups excluding tert-OH is 3. The minimum Gasteiger partial charge on any atom is -0.507 e. The molecule has 2 aliphatic heterocycles. The standard InChI is InChI=1S/C22H26O10/c1-8-9(2)30-13-5-10-4-11(6-12(24)15(10)18(26)16(13)17(8)25)31-22-20(28)19(27)21(29-3)14(7-23)32-22/h4-6,8-9,14,19-24,26-28H,7H2,1-3H3. The number of methoxy groups -OCH3 is 1. The molecule has 0 bridgehead atoms. The number of carbonyl (C=O) groups is 1. The molecule has 0 radical (unpaired) electrons. The maximum absolute atomic E-state index is 12.7. The third kappa shape index (κ3) is 3.54. The number of Topliss-reactive ketones (excluding diaryl/α,β-unsaturated/α-hetero) is 1. The van der Waals surface area contributed by atoms with E-state index in [1.54, 1.807) is 13.8 Å². The highest BCUT2D eigenvalue weighted by molar-refractivity contribution is 6.10. The lowest BCUT2D eigenvalue weighted by molar-refractivity contribution is -0.281. The number of hydrogen-bond acceptors (Lipinski definition) is 10. The smallest absolute Gasteiger partial charge is 0.229 e. The highest BCUT2D eigenvalue weighted by Gasteiger charge is 2.46. The summed E-state index contributed by atoms with van der Waals surface area (Å²) in [5.74, 6) is -1.25. The van der Waals surface area contributed by atoms with Gasteiger partial charge in [-0.1, -0.05) is 6.92 Å². The average molecular weight is 450 g/mol. The predicted octanol–water partition coefficient (Wildman–Crippen LogP) is 0.683. The molecule has 0 saturated carbocycles. The first-order chi connectivity index (χ1) is 15.2. The van der Waals surface area contributed by atoms with Gasteiger partial charge in [-0.3, -0.25) is 4.79 Å². The summed E-state index contributed by atoms with van der Waals surface area (Å²) in [6.07, 6.45) is -6.55. The maximum atomic E-state index is 12.7. The van der Waals surface area contributed by atoms with Crippen LogP contribution in [-0.2, 0) is 9.47 Å². The van der Waals surface area contributed by atoms with E-state index in [1.807, 2.05) is 0 Å². The van der Waals surface area contributed by atoms with E-state index in [4.69, 9.17) is 18.9 Å². The number of aliphatic hydroxyl groups is 3. The lowest BCUT2D eigenvalue weighted by atomic mass is 9.89. The Hall–Kier alpha value is -2.63. The van der Waals surface area contributed by atoms with Crippen LogP contribution in [0.15, 0.2) is 18.2 Å². The Labute approximate surface area is 183 Å². The van der Waals surface area contributed by atoms with Gasteiger partial charge in [0.2, 0.25) is 6.29 Å². The zero-order chi connectivity index (χ0) is 23.3. The van der Waals surface area contributed by atoms with Gasteiger partial charge in [0.05, 0.1) is 17.9 Å². The van der Waals surface area contributed by atoms with Gasteiger partial charge in [-0.05, 0) is 24.4 Å². The molecule has 7 unspecified atom stereocenters. The number of ether oxygens (including phenoxy) is 4. The Morgan fingerprint density at radius 2 is 1.81 bits per heavy atom. The highest BCUT2D eigenvalue weighted by atomic mass is 16.7. The number of hydrogen-bond donors (Lipinski definition) is 5. The summed E-state index contributed by atoms with van der Waals surface area (Å²) in [5, 5.41) is 51.8. The number of phenols is 2. The van der Waals surface area contributed by atoms with Crippen LogP contribution >= 0.6 is 0 Å². The third-order valence-corrected chi connectivity index (χ3v) is 6.15. The topological polar surface area (TPSA) is 155 Å². The first-order valence-electron chi connectivity index (χ1n) is 10.2. The molecule has 2 aromatic rings. The minimum atomic E-state index is -1.50. The molecule has 1 fully saturated rings. The first kappa shape index (κ1) is 22.6. The summed E-state index contributed by atoms with van der Waals surface area (Å²) in [7, 11) is 1.32. The van der Waals surface area contributed by atoms with E-state index in [1.165, 1.54) is 25.3 Å². The van der Waals surface area contributed by atoms with Crippen molar-refractivity contribution in [2.75, 3.05) is 13.7 Å². The van der Waals surface area contributed by atoms with Crippen molar-refractivity contribution in [3.8, 4) is 23.0 Å². The lowest BCUT2D eigenvalue weighted by Gasteiger charge is -2.41. The van der Waals surface area contributed by atoms with Crippen molar-refractivity contribution in [1.29, 1.82) is 0 Å². The van der Waals surface area contributed by atoms with E-state index in [-0.39, 0.29) is 34.0 Å². The van der Waals surface area contributed by atoms with Crippen LogP contribution in [0.2, 0.25) is 0 Å². The third-order valence-electron chi connectivity index (χ3n) is 6.15. The summed E-state index contributed by atoms with van der Waals surface area (Å²) >= 11 is 0. The minimum absolute atomic E-state index is 0.0117. The van der Waals surface area contributed by atoms with Gasteiger partial charge >= 0.3 is 0 Å². The van der Waals surface area contributed by atoms with E-state index < -0.39 is 55.1 Å². The molecule has 5 N–H and O–H groups in total. The summed E-state index contributed by atoms with van der Waals surface area (Å²) in [5.41, 5.74) is 0.0117. The summed E-state index contributed by atoms with van der Waals surface area (Å²) in [4.78, 5) is 12.7. The van der Waals surface area contributed by atoms with Gasteiger partial charge in [-0.25, -0.2) is 0 Å². The largest absolute Gasteiger partial charge is 0.507 e. The van der Waals surface area contributed by atoms with Gasteiger partial charge in [0.25, 0.3) is 0 Å². The second-order valence-electron chi connectivity index (χ2n) is 8.14. The van der Waals surface area contributed by atoms with Crippen molar-refractivity contribution in [2.24, 2.45) is 5.92 Å². The first-order valence-corrected chi connectivity index (χ1v) is 10.2. The highest BCUT2D eigenvalue weighted by Crippen LogP contribution is 2.46. The lowest BCUT2D eigenvalue weighted by Crippen LogP contribution is -2.60. The Kier molecular flexibility index (Phi) is 5.91. The van der Waals surface area contributed by atoms with Crippen molar-refractivity contribution in [3.05, 3.63) is 23.8 Å². The number of ketones is 1. The summed E-state index contributed by atoms with van der Waals surface area (Å²) in [6.45, 7) is 2.98. The van der Waals surface area contributed by atoms with Crippen LogP contribution in [0.3, 0.4) is 0 Å². The molecule has 7 atom stereocenters. The predicted molar refractivity (Wildman–Crippen MR) is 110 cm³/mol. The van der Waals surface area contributed by atoms with Gasteiger partial charge in [0, 0.05) is 13.2 Å². The van der Waals surface area contributed by atoms with Gasteiger partial charge < -0.3 is 44.5 Å². The van der Waals surface area contributed by atoms with E-state index in [0.717, 1.165) is 0 Å². The second kappa shape index (κ2) is 8.38. The molecule has 0 aliphatic carbocycles. The fraction of sp³-hybridized carbons (Fsp3) is 0.500. The Balaban J connectivity index is 1.70. The monoisotopic (exact) mass is 450 g/mol. The van der Waals surface area contributed by atoms with Crippen molar-refractivity contribution in [1.82, 2.24) is 0 Å². The second-order valence-corrected chi connectivity index (χ2v) is 8.14. The number of rotatable bonds is 4. The van der Waals surface area contributed by atoms with Crippen LogP contribution in [-0.4, -0.2) is 81.8 Å². The molecule has 2 aliphatic rings. The van der Waals surface area contributed by atoms with Crippen LogP contribution in [0.1, 0.15) is 24.2 Å². The number of phenolic OH excluding ortho intramolecular Hbond substituents is 2. The van der Waals surface area contributed by atoms with Crippen LogP contribution < -0.4 is 9.47 Å². The van der Waals surface area contributed by atoms with Gasteiger partial charge in [-0.2, -0.15) is 0 Å². The quantitative estimate of drug-likeness (QED) is 0.449. The van der Waals surface area contributed by atoms with E-state index in [0.29, 0.717) is 5.39 Å². The Bertz CT molecular complexity index is 1040. The van der Waals surface area contributed by atoms with E-state index >= 15 is 0 Å². The fourth-order valence-electron chi connectivity index (χ4n) is 4.17. The van der Waals surface area contributed by atoms with Crippen LogP contribution in [0.25, 0.3) is 10.8 Å². The molecule has 174 valence electrons. The van der Waals surface area contributed by atoms with Crippen molar-refractivity contribution in [2.45, 2.75) is 50.7 Å². The van der Waals surface area contributed by atoms with Crippen molar-refractivity contribution in [3.63, 3.8) is 0 Å². The van der Waals surface area contributed by atoms with E-state index in [9.17, 15) is 30.3 Å². The molecule has 4 rings (SSSR count). The summed E-state index contributed by atoms with van der Waals surface area (Å²) < 4.78 is 22.0. The van der Waals surface area contributed by atoms with Gasteiger partial charge in [0.15, 0.2) is 5.78 Å². The average Bonchev–Trinajstić information content (AvgIpc) is 2.74. The normalized spacial score (nSPS) is 32.4. The molecule has 32 heavy (non-hydrogen) atoms. The Morgan fingerprint density at radius 1 is 1.09 bits per heavy atom. The van der Waals surface area contributed by atoms with Crippen molar-refractivity contribution >= 4 is 16.6 Å². The fourth-order valence-corrected chi connectivity index (χ4v) is 4.17. The molecule has 2 heterocycles. The van der Waals surface area contributed by atoms with Crippen LogP contribution in [0.4, 0.5) is 0 Å². The number of aromatic hydroxyl groups is 2. The van der Waals surface area contributed by atoms with Gasteiger partial charge in [0.1, 0.15) is 59.1 Å². The SMILES string of the molecule is COC1C(CO)OC(Oc2cc(O)c3c(O)c4c(cc3c2)OC(C)C(C)C4=O)C(O)C1O. The molecular weight excluding hydrogens is 424 g/mol.